The third kappa shape index (κ3) is 14.2. The molecule has 16 nitrogen and oxygen atoms in total. The molecule has 386 valence electrons. The first-order chi connectivity index (χ1) is 32.9. The van der Waals surface area contributed by atoms with Gasteiger partial charge in [0, 0.05) is 51.4 Å². The van der Waals surface area contributed by atoms with Crippen LogP contribution in [0.4, 0.5) is 0 Å². The third-order valence-electron chi connectivity index (χ3n) is 13.7. The second-order valence-electron chi connectivity index (χ2n) is 21.0. The van der Waals surface area contributed by atoms with Gasteiger partial charge in [0.2, 0.25) is 43.7 Å². The molecule has 0 radical (unpaired) electrons. The number of hydrogen-bond acceptors (Lipinski definition) is 10. The van der Waals surface area contributed by atoms with Gasteiger partial charge in [-0.15, -0.1) is 0 Å². The van der Waals surface area contributed by atoms with E-state index in [-0.39, 0.29) is 59.6 Å². The van der Waals surface area contributed by atoms with Crippen molar-refractivity contribution in [3.05, 3.63) is 96.1 Å². The number of likely N-dealkylation sites (N-methyl/N-ethyl adjacent to an activating group) is 2. The van der Waals surface area contributed by atoms with Gasteiger partial charge in [-0.1, -0.05) is 108 Å². The molecule has 4 amide bonds. The first-order valence-corrected chi connectivity index (χ1v) is 27.5. The van der Waals surface area contributed by atoms with Crippen molar-refractivity contribution in [2.24, 2.45) is 10.8 Å². The van der Waals surface area contributed by atoms with Crippen LogP contribution in [-0.4, -0.2) is 148 Å². The number of nitrogens with zero attached hydrogens (tertiary/aromatic N) is 4. The van der Waals surface area contributed by atoms with Crippen LogP contribution in [0.1, 0.15) is 92.2 Å². The Balaban J connectivity index is 1.48. The number of hydrogen-bond donors (Lipinski definition) is 4. The summed E-state index contributed by atoms with van der Waals surface area (Å²) in [6.45, 7) is 15.5. The van der Waals surface area contributed by atoms with E-state index in [1.54, 1.807) is 37.7 Å². The molecule has 2 fully saturated rings. The predicted molar refractivity (Wildman–Crippen MR) is 274 cm³/mol. The number of carbonyl (C=O) groups excluding carboxylic acids is 4. The van der Waals surface area contributed by atoms with Crippen molar-refractivity contribution in [2.75, 3.05) is 53.4 Å². The molecule has 5 rings (SSSR count). The van der Waals surface area contributed by atoms with E-state index in [9.17, 15) is 19.2 Å². The van der Waals surface area contributed by atoms with Gasteiger partial charge < -0.3 is 31.1 Å². The Morgan fingerprint density at radius 3 is 1.27 bits per heavy atom. The number of sulfonamides is 2. The summed E-state index contributed by atoms with van der Waals surface area (Å²) in [5.74, 6) is -1.23. The van der Waals surface area contributed by atoms with Crippen molar-refractivity contribution in [3.8, 4) is 0 Å². The van der Waals surface area contributed by atoms with Gasteiger partial charge in [-0.2, -0.15) is 8.61 Å². The highest BCUT2D eigenvalue weighted by molar-refractivity contribution is 7.90. The second-order valence-corrected chi connectivity index (χ2v) is 24.8. The first-order valence-electron chi connectivity index (χ1n) is 24.6. The summed E-state index contributed by atoms with van der Waals surface area (Å²) >= 11 is 0. The summed E-state index contributed by atoms with van der Waals surface area (Å²) in [6.07, 6.45) is 3.06. The highest BCUT2D eigenvalue weighted by atomic mass is 32.2. The monoisotopic (exact) mass is 1010 g/mol. The van der Waals surface area contributed by atoms with Crippen LogP contribution < -0.4 is 21.3 Å². The van der Waals surface area contributed by atoms with Crippen LogP contribution in [0.15, 0.2) is 94.7 Å². The van der Waals surface area contributed by atoms with Gasteiger partial charge >= 0.3 is 0 Å². The topological polar surface area (TPSA) is 198 Å². The number of amides is 4. The minimum absolute atomic E-state index is 0.0474. The van der Waals surface area contributed by atoms with Crippen LogP contribution in [0.3, 0.4) is 0 Å². The summed E-state index contributed by atoms with van der Waals surface area (Å²) in [5.41, 5.74) is 0.502. The fraction of sp³-hybridized carbons (Fsp3) is 0.577. The highest BCUT2D eigenvalue weighted by Crippen LogP contribution is 2.31. The summed E-state index contributed by atoms with van der Waals surface area (Å²) in [5, 5.41) is 11.7. The van der Waals surface area contributed by atoms with E-state index in [1.807, 2.05) is 102 Å². The van der Waals surface area contributed by atoms with Crippen molar-refractivity contribution in [3.63, 3.8) is 0 Å². The van der Waals surface area contributed by atoms with Crippen LogP contribution in [-0.2, 0) is 52.1 Å². The number of likely N-dealkylation sites (tertiary alicyclic amines) is 2. The van der Waals surface area contributed by atoms with Crippen LogP contribution in [0.5, 0.6) is 0 Å². The summed E-state index contributed by atoms with van der Waals surface area (Å²) in [4.78, 5) is 58.0. The number of rotatable bonds is 22. The molecule has 0 saturated carbocycles. The molecule has 0 aromatic heterocycles. The third-order valence-corrected chi connectivity index (χ3v) is 17.4. The summed E-state index contributed by atoms with van der Waals surface area (Å²) < 4.78 is 63.0. The Hall–Kier alpha value is -4.72. The molecule has 70 heavy (non-hydrogen) atoms. The Morgan fingerprint density at radius 2 is 0.943 bits per heavy atom. The SMILES string of the molecule is CN[C@@H](C)C(=O)N[C@H](C(=O)N1CCC[C@H]1CN(CCc1ccccc1)S(=O)(=O)c1cccc(S(=O)(=O)N(CCc2ccccc2)C[C@@H]2CCCN2C(=O)[C@@H](NC(=O)[C@H](C)NC)C(C)(C)C)c1)C(C)(C)C. The Morgan fingerprint density at radius 1 is 0.586 bits per heavy atom. The van der Waals surface area contributed by atoms with Gasteiger partial charge in [0.15, 0.2) is 0 Å². The van der Waals surface area contributed by atoms with Gasteiger partial charge in [0.05, 0.1) is 21.9 Å². The lowest BCUT2D eigenvalue weighted by molar-refractivity contribution is -0.140. The molecule has 2 saturated heterocycles. The Labute approximate surface area is 417 Å². The van der Waals surface area contributed by atoms with E-state index in [1.165, 1.54) is 32.9 Å². The van der Waals surface area contributed by atoms with Crippen molar-refractivity contribution in [1.82, 2.24) is 39.7 Å². The Kier molecular flexibility index (Phi) is 19.4. The standard InChI is InChI=1S/C52H78N8O8S2/c1-37(53-9)47(61)55-45(51(3,4)5)49(63)59-30-18-24-41(59)35-57(32-28-39-20-13-11-14-21-39)69(65,66)43-26-17-27-44(34-43)70(67,68)58(33-29-40-22-15-12-16-23-40)36-42-25-19-31-60(42)50(64)46(52(6,7)8)56-48(62)38(2)54-10/h11-17,20-23,26-27,34,37-38,41-42,45-46,53-54H,18-19,24-25,28-33,35-36H2,1-10H3,(H,55,61)(H,56,62)/t37-,38-,41-,42-,45+,46+/m0/s1. The Bertz CT molecular complexity index is 2300. The zero-order valence-corrected chi connectivity index (χ0v) is 44.5. The van der Waals surface area contributed by atoms with Crippen molar-refractivity contribution < 1.29 is 36.0 Å². The number of benzene rings is 3. The molecule has 18 heteroatoms. The van der Waals surface area contributed by atoms with Crippen LogP contribution in [0, 0.1) is 10.8 Å². The molecule has 0 aliphatic carbocycles. The average Bonchev–Trinajstić information content (AvgIpc) is 4.01. The summed E-state index contributed by atoms with van der Waals surface area (Å²) in [6, 6.07) is 20.5. The van der Waals surface area contributed by atoms with Crippen molar-refractivity contribution in [1.29, 1.82) is 0 Å². The van der Waals surface area contributed by atoms with Crippen molar-refractivity contribution >= 4 is 43.7 Å². The van der Waals surface area contributed by atoms with Gasteiger partial charge in [0.25, 0.3) is 0 Å². The molecule has 0 bridgehead atoms. The van der Waals surface area contributed by atoms with E-state index >= 15 is 16.8 Å². The molecule has 3 aromatic rings. The molecule has 4 N–H and O–H groups in total. The lowest BCUT2D eigenvalue weighted by Gasteiger charge is -2.37. The molecule has 6 atom stereocenters. The van der Waals surface area contributed by atoms with Crippen molar-refractivity contribution in [2.45, 2.75) is 140 Å². The molecule has 2 heterocycles. The van der Waals surface area contributed by atoms with Gasteiger partial charge in [-0.25, -0.2) is 16.8 Å². The smallest absolute Gasteiger partial charge is 0.245 e. The molecule has 0 spiro atoms. The lowest BCUT2D eigenvalue weighted by Crippen LogP contribution is -2.59. The highest BCUT2D eigenvalue weighted by Gasteiger charge is 2.44. The van der Waals surface area contributed by atoms with Gasteiger partial charge in [-0.05, 0) is 107 Å². The van der Waals surface area contributed by atoms with Gasteiger partial charge in [-0.3, -0.25) is 19.2 Å². The first kappa shape index (κ1) is 56.2. The minimum atomic E-state index is -4.40. The van der Waals surface area contributed by atoms with E-state index in [0.717, 1.165) is 11.1 Å². The normalized spacial score (nSPS) is 18.7. The van der Waals surface area contributed by atoms with E-state index in [4.69, 9.17) is 0 Å². The molecule has 0 unspecified atom stereocenters. The largest absolute Gasteiger partial charge is 0.342 e. The van der Waals surface area contributed by atoms with Crippen LogP contribution >= 0.6 is 0 Å². The van der Waals surface area contributed by atoms with E-state index < -0.39 is 67.1 Å². The van der Waals surface area contributed by atoms with Crippen LogP contribution in [0.25, 0.3) is 0 Å². The predicted octanol–water partition coefficient (Wildman–Crippen LogP) is 4.41. The fourth-order valence-electron chi connectivity index (χ4n) is 9.04. The zero-order valence-electron chi connectivity index (χ0n) is 42.9. The maximum atomic E-state index is 15.1. The van der Waals surface area contributed by atoms with Gasteiger partial charge in [0.1, 0.15) is 12.1 Å². The zero-order chi connectivity index (χ0) is 51.6. The molecule has 3 aromatic carbocycles. The number of nitrogens with one attached hydrogen (secondary N) is 4. The maximum Gasteiger partial charge on any atom is 0.245 e. The maximum absolute atomic E-state index is 15.1. The molecular weight excluding hydrogens is 929 g/mol. The van der Waals surface area contributed by atoms with Crippen LogP contribution in [0.2, 0.25) is 0 Å². The minimum Gasteiger partial charge on any atom is -0.342 e. The molecular formula is C52H78N8O8S2. The number of carbonyl (C=O) groups is 4. The van der Waals surface area contributed by atoms with E-state index in [0.29, 0.717) is 51.6 Å². The second kappa shape index (κ2) is 24.1. The summed E-state index contributed by atoms with van der Waals surface area (Å²) in [7, 11) is -5.46. The quantitative estimate of drug-likeness (QED) is 0.112. The average molecular weight is 1010 g/mol. The molecule has 2 aliphatic heterocycles. The fourth-order valence-corrected chi connectivity index (χ4v) is 12.2. The molecule has 2 aliphatic rings. The van der Waals surface area contributed by atoms with E-state index in [2.05, 4.69) is 21.3 Å². The lowest BCUT2D eigenvalue weighted by atomic mass is 9.85.